The van der Waals surface area contributed by atoms with Gasteiger partial charge in [0.25, 0.3) is 0 Å². The molecule has 10 rings (SSSR count). The van der Waals surface area contributed by atoms with Crippen LogP contribution in [0.4, 0.5) is 0 Å². The van der Waals surface area contributed by atoms with Gasteiger partial charge in [0.1, 0.15) is 0 Å². The van der Waals surface area contributed by atoms with E-state index >= 15 is 0 Å². The summed E-state index contributed by atoms with van der Waals surface area (Å²) in [6.07, 6.45) is 3.84. The summed E-state index contributed by atoms with van der Waals surface area (Å²) in [5.74, 6) is 0. The van der Waals surface area contributed by atoms with Crippen molar-refractivity contribution in [1.29, 1.82) is 0 Å². The fourth-order valence-corrected chi connectivity index (χ4v) is 8.89. The predicted octanol–water partition coefficient (Wildman–Crippen LogP) is 11.9. The Labute approximate surface area is 280 Å². The van der Waals surface area contributed by atoms with Gasteiger partial charge in [-0.05, 0) is 103 Å². The first kappa shape index (κ1) is 27.5. The summed E-state index contributed by atoms with van der Waals surface area (Å²) in [6, 6.07) is 45.0. The van der Waals surface area contributed by atoms with E-state index in [9.17, 15) is 0 Å². The Morgan fingerprint density at radius 3 is 1.23 bits per heavy atom. The summed E-state index contributed by atoms with van der Waals surface area (Å²) >= 11 is 0. The lowest BCUT2D eigenvalue weighted by atomic mass is 9.81. The molecule has 0 N–H and O–H groups in total. The fraction of sp³-hybridized carbons (Fsp3) is 0.130. The molecule has 2 heterocycles. The highest BCUT2D eigenvalue weighted by atomic mass is 14.7. The average molecular weight is 615 g/mol. The van der Waals surface area contributed by atoms with Crippen molar-refractivity contribution in [2.24, 2.45) is 0 Å². The van der Waals surface area contributed by atoms with Crippen LogP contribution in [0, 0.1) is 0 Å². The van der Waals surface area contributed by atoms with Crippen LogP contribution < -0.4 is 0 Å². The third-order valence-corrected chi connectivity index (χ3v) is 11.4. The minimum Gasteiger partial charge on any atom is -0.256 e. The van der Waals surface area contributed by atoms with Crippen molar-refractivity contribution in [1.82, 2.24) is 9.97 Å². The van der Waals surface area contributed by atoms with E-state index in [0.29, 0.717) is 0 Å². The number of pyridine rings is 2. The van der Waals surface area contributed by atoms with E-state index in [1.807, 2.05) is 12.4 Å². The highest BCUT2D eigenvalue weighted by Gasteiger charge is 2.36. The van der Waals surface area contributed by atoms with Gasteiger partial charge in [-0.1, -0.05) is 113 Å². The Balaban J connectivity index is 1.21. The van der Waals surface area contributed by atoms with Gasteiger partial charge in [-0.25, -0.2) is 0 Å². The minimum atomic E-state index is -0.0677. The van der Waals surface area contributed by atoms with Crippen LogP contribution in [0.1, 0.15) is 49.9 Å². The SMILES string of the molecule is CC1(C)c2ccccc2-c2ccc(-c3cc4c(cc(-c5ccc6c(c5)C(C)(C)c5ccccc5-6)c5cccnc54)c4ncccc34)cc21. The molecule has 0 unspecified atom stereocenters. The molecule has 6 aromatic carbocycles. The summed E-state index contributed by atoms with van der Waals surface area (Å²) < 4.78 is 0. The van der Waals surface area contributed by atoms with Gasteiger partial charge in [0, 0.05) is 44.8 Å². The Kier molecular flexibility index (Phi) is 5.44. The lowest BCUT2D eigenvalue weighted by molar-refractivity contribution is 0.660. The number of fused-ring (bicyclic) bond motifs is 11. The molecule has 2 aliphatic rings. The second-order valence-electron chi connectivity index (χ2n) is 14.6. The zero-order valence-electron chi connectivity index (χ0n) is 27.6. The lowest BCUT2D eigenvalue weighted by Crippen LogP contribution is -2.14. The lowest BCUT2D eigenvalue weighted by Gasteiger charge is -2.22. The van der Waals surface area contributed by atoms with E-state index in [0.717, 1.165) is 32.6 Å². The molecule has 2 aliphatic carbocycles. The van der Waals surface area contributed by atoms with Crippen LogP contribution in [-0.2, 0) is 10.8 Å². The van der Waals surface area contributed by atoms with Crippen molar-refractivity contribution < 1.29 is 0 Å². The molecule has 48 heavy (non-hydrogen) atoms. The number of hydrogen-bond acceptors (Lipinski definition) is 2. The molecule has 0 bridgehead atoms. The van der Waals surface area contributed by atoms with Crippen LogP contribution in [0.2, 0.25) is 0 Å². The molecule has 0 amide bonds. The van der Waals surface area contributed by atoms with E-state index in [1.165, 1.54) is 66.8 Å². The summed E-state index contributed by atoms with van der Waals surface area (Å²) in [7, 11) is 0. The highest BCUT2D eigenvalue weighted by Crippen LogP contribution is 2.52. The van der Waals surface area contributed by atoms with E-state index in [2.05, 4.69) is 149 Å². The molecule has 228 valence electrons. The Morgan fingerprint density at radius 2 is 0.771 bits per heavy atom. The fourth-order valence-electron chi connectivity index (χ4n) is 8.89. The third-order valence-electron chi connectivity index (χ3n) is 11.4. The van der Waals surface area contributed by atoms with Gasteiger partial charge in [-0.3, -0.25) is 9.97 Å². The number of aromatic nitrogens is 2. The van der Waals surface area contributed by atoms with Gasteiger partial charge in [0.2, 0.25) is 0 Å². The average Bonchev–Trinajstić information content (AvgIpc) is 3.50. The van der Waals surface area contributed by atoms with Crippen molar-refractivity contribution >= 4 is 32.6 Å². The Morgan fingerprint density at radius 1 is 0.354 bits per heavy atom. The van der Waals surface area contributed by atoms with Gasteiger partial charge in [0.15, 0.2) is 0 Å². The van der Waals surface area contributed by atoms with Gasteiger partial charge in [-0.15, -0.1) is 0 Å². The second kappa shape index (κ2) is 9.49. The molecule has 0 saturated carbocycles. The van der Waals surface area contributed by atoms with Crippen LogP contribution in [0.3, 0.4) is 0 Å². The van der Waals surface area contributed by atoms with Gasteiger partial charge in [-0.2, -0.15) is 0 Å². The van der Waals surface area contributed by atoms with Crippen molar-refractivity contribution in [2.45, 2.75) is 38.5 Å². The first-order valence-electron chi connectivity index (χ1n) is 16.9. The van der Waals surface area contributed by atoms with Gasteiger partial charge < -0.3 is 0 Å². The smallest absolute Gasteiger partial charge is 0.0787 e. The van der Waals surface area contributed by atoms with Crippen LogP contribution in [0.15, 0.2) is 134 Å². The predicted molar refractivity (Wildman–Crippen MR) is 201 cm³/mol. The first-order valence-corrected chi connectivity index (χ1v) is 16.9. The molecule has 2 heteroatoms. The number of rotatable bonds is 2. The molecular formula is C46H34N2. The monoisotopic (exact) mass is 614 g/mol. The first-order chi connectivity index (χ1) is 23.3. The molecule has 2 aromatic heterocycles. The highest BCUT2D eigenvalue weighted by molar-refractivity contribution is 6.22. The number of hydrogen-bond donors (Lipinski definition) is 0. The summed E-state index contributed by atoms with van der Waals surface area (Å²) in [6.45, 7) is 9.39. The number of benzene rings is 6. The molecule has 0 atom stereocenters. The standard InChI is InChI=1S/C46H34N2/c1-45(2)39-15-7-5-11-29(39)31-19-17-27(23-41(31)45)35-25-37-38(43-33(35)13-9-21-47-43)26-36(34-14-10-22-48-44(34)37)28-18-20-32-30-12-6-8-16-40(30)46(3,4)42(32)24-28/h5-26H,1-4H3. The number of nitrogens with zero attached hydrogens (tertiary/aromatic N) is 2. The molecule has 8 aromatic rings. The van der Waals surface area contributed by atoms with Crippen molar-refractivity contribution in [3.05, 3.63) is 156 Å². The van der Waals surface area contributed by atoms with Gasteiger partial charge in [0.05, 0.1) is 11.0 Å². The third kappa shape index (κ3) is 3.58. The Bertz CT molecular complexity index is 2490. The molecule has 0 fully saturated rings. The Hall–Kier alpha value is -5.60. The maximum atomic E-state index is 5.05. The van der Waals surface area contributed by atoms with E-state index in [4.69, 9.17) is 9.97 Å². The second-order valence-corrected chi connectivity index (χ2v) is 14.6. The van der Waals surface area contributed by atoms with E-state index < -0.39 is 0 Å². The largest absolute Gasteiger partial charge is 0.256 e. The zero-order chi connectivity index (χ0) is 32.4. The maximum Gasteiger partial charge on any atom is 0.0787 e. The summed E-state index contributed by atoms with van der Waals surface area (Å²) in [4.78, 5) is 10.1. The van der Waals surface area contributed by atoms with Crippen LogP contribution in [0.25, 0.3) is 77.1 Å². The van der Waals surface area contributed by atoms with Crippen LogP contribution in [0.5, 0.6) is 0 Å². The van der Waals surface area contributed by atoms with Gasteiger partial charge >= 0.3 is 0 Å². The molecule has 0 saturated heterocycles. The summed E-state index contributed by atoms with van der Waals surface area (Å²) in [5, 5.41) is 4.58. The maximum absolute atomic E-state index is 5.05. The van der Waals surface area contributed by atoms with Crippen LogP contribution >= 0.6 is 0 Å². The quantitative estimate of drug-likeness (QED) is 0.181. The van der Waals surface area contributed by atoms with Crippen molar-refractivity contribution in [3.63, 3.8) is 0 Å². The van der Waals surface area contributed by atoms with E-state index in [-0.39, 0.29) is 10.8 Å². The normalized spacial score (nSPS) is 15.0. The molecular weight excluding hydrogens is 581 g/mol. The van der Waals surface area contributed by atoms with E-state index in [1.54, 1.807) is 0 Å². The molecule has 0 aliphatic heterocycles. The topological polar surface area (TPSA) is 25.8 Å². The molecule has 0 spiro atoms. The van der Waals surface area contributed by atoms with Crippen LogP contribution in [-0.4, -0.2) is 9.97 Å². The molecule has 0 radical (unpaired) electrons. The van der Waals surface area contributed by atoms with Crippen molar-refractivity contribution in [3.8, 4) is 44.5 Å². The summed E-state index contributed by atoms with van der Waals surface area (Å²) in [5.41, 5.74) is 17.6. The molecule has 2 nitrogen and oxygen atoms in total. The van der Waals surface area contributed by atoms with Crippen molar-refractivity contribution in [2.75, 3.05) is 0 Å². The minimum absolute atomic E-state index is 0.0677. The zero-order valence-corrected chi connectivity index (χ0v) is 27.6.